The number of ether oxygens (including phenoxy) is 1. The lowest BCUT2D eigenvalue weighted by atomic mass is 10.2. The summed E-state index contributed by atoms with van der Waals surface area (Å²) in [6.45, 7) is 5.32. The van der Waals surface area contributed by atoms with E-state index in [2.05, 4.69) is 5.32 Å². The minimum absolute atomic E-state index is 0.0527. The summed E-state index contributed by atoms with van der Waals surface area (Å²) in [6, 6.07) is 5.53. The normalized spacial score (nSPS) is 14.6. The first kappa shape index (κ1) is 15.1. The Kier molecular flexibility index (Phi) is 5.68. The Balaban J connectivity index is 1.97. The molecule has 2 rings (SSSR count). The number of rotatable bonds is 6. The van der Waals surface area contributed by atoms with Crippen LogP contribution >= 0.6 is 11.6 Å². The lowest BCUT2D eigenvalue weighted by Crippen LogP contribution is -2.32. The predicted octanol–water partition coefficient (Wildman–Crippen LogP) is 2.45. The summed E-state index contributed by atoms with van der Waals surface area (Å²) in [5, 5.41) is 3.89. The number of benzene rings is 1. The van der Waals surface area contributed by atoms with E-state index in [-0.39, 0.29) is 12.5 Å². The van der Waals surface area contributed by atoms with Crippen LogP contribution in [0.25, 0.3) is 0 Å². The van der Waals surface area contributed by atoms with Gasteiger partial charge in [0.15, 0.2) is 6.61 Å². The molecule has 110 valence electrons. The van der Waals surface area contributed by atoms with Gasteiger partial charge in [0, 0.05) is 30.2 Å². The maximum atomic E-state index is 12.0. The second kappa shape index (κ2) is 7.50. The van der Waals surface area contributed by atoms with E-state index in [0.717, 1.165) is 38.0 Å². The van der Waals surface area contributed by atoms with Crippen LogP contribution in [0.5, 0.6) is 5.75 Å². The van der Waals surface area contributed by atoms with Crippen molar-refractivity contribution in [2.24, 2.45) is 0 Å². The second-order valence-electron chi connectivity index (χ2n) is 4.87. The molecule has 0 saturated carbocycles. The Morgan fingerprint density at radius 2 is 2.15 bits per heavy atom. The molecule has 1 aliphatic heterocycles. The SMILES string of the molecule is CCNCc1c(Cl)cccc1OCC(=O)N1CCCC1. The zero-order chi connectivity index (χ0) is 14.4. The molecule has 4 nitrogen and oxygen atoms in total. The van der Waals surface area contributed by atoms with E-state index in [0.29, 0.717) is 17.3 Å². The molecule has 1 aromatic carbocycles. The Labute approximate surface area is 125 Å². The van der Waals surface area contributed by atoms with Gasteiger partial charge in [-0.15, -0.1) is 0 Å². The van der Waals surface area contributed by atoms with E-state index < -0.39 is 0 Å². The topological polar surface area (TPSA) is 41.6 Å². The summed E-state index contributed by atoms with van der Waals surface area (Å²) < 4.78 is 5.67. The molecule has 0 spiro atoms. The van der Waals surface area contributed by atoms with Crippen molar-refractivity contribution in [2.45, 2.75) is 26.3 Å². The third-order valence-electron chi connectivity index (χ3n) is 3.44. The number of halogens is 1. The summed E-state index contributed by atoms with van der Waals surface area (Å²) in [5.41, 5.74) is 0.908. The zero-order valence-corrected chi connectivity index (χ0v) is 12.6. The molecule has 0 aromatic heterocycles. The smallest absolute Gasteiger partial charge is 0.260 e. The molecule has 0 unspecified atom stereocenters. The third-order valence-corrected chi connectivity index (χ3v) is 3.79. The van der Waals surface area contributed by atoms with Crippen molar-refractivity contribution in [1.82, 2.24) is 10.2 Å². The van der Waals surface area contributed by atoms with Crippen LogP contribution in [-0.2, 0) is 11.3 Å². The Bertz CT molecular complexity index is 459. The van der Waals surface area contributed by atoms with Crippen molar-refractivity contribution in [1.29, 1.82) is 0 Å². The minimum Gasteiger partial charge on any atom is -0.483 e. The van der Waals surface area contributed by atoms with Gasteiger partial charge >= 0.3 is 0 Å². The molecule has 20 heavy (non-hydrogen) atoms. The van der Waals surface area contributed by atoms with Gasteiger partial charge < -0.3 is 15.0 Å². The number of likely N-dealkylation sites (tertiary alicyclic amines) is 1. The van der Waals surface area contributed by atoms with Gasteiger partial charge in [-0.05, 0) is 31.5 Å². The number of hydrogen-bond acceptors (Lipinski definition) is 3. The minimum atomic E-state index is 0.0527. The first-order chi connectivity index (χ1) is 9.72. The van der Waals surface area contributed by atoms with Crippen LogP contribution in [0.2, 0.25) is 5.02 Å². The van der Waals surface area contributed by atoms with Gasteiger partial charge in [0.25, 0.3) is 5.91 Å². The summed E-state index contributed by atoms with van der Waals surface area (Å²) in [6.07, 6.45) is 2.18. The van der Waals surface area contributed by atoms with Crippen LogP contribution in [0.1, 0.15) is 25.3 Å². The van der Waals surface area contributed by atoms with Gasteiger partial charge in [0.05, 0.1) is 0 Å². The van der Waals surface area contributed by atoms with E-state index in [1.165, 1.54) is 0 Å². The summed E-state index contributed by atoms with van der Waals surface area (Å²) >= 11 is 6.19. The molecular formula is C15H21ClN2O2. The molecule has 0 aliphatic carbocycles. The highest BCUT2D eigenvalue weighted by Gasteiger charge is 2.18. The van der Waals surface area contributed by atoms with Gasteiger partial charge in [-0.25, -0.2) is 0 Å². The number of hydrogen-bond donors (Lipinski definition) is 1. The Morgan fingerprint density at radius 3 is 2.85 bits per heavy atom. The number of carbonyl (C=O) groups is 1. The van der Waals surface area contributed by atoms with Crippen LogP contribution in [0, 0.1) is 0 Å². The Hall–Kier alpha value is -1.26. The summed E-state index contributed by atoms with van der Waals surface area (Å²) in [7, 11) is 0. The quantitative estimate of drug-likeness (QED) is 0.877. The molecule has 5 heteroatoms. The van der Waals surface area contributed by atoms with E-state index in [9.17, 15) is 4.79 Å². The number of nitrogens with zero attached hydrogens (tertiary/aromatic N) is 1. The van der Waals surface area contributed by atoms with Crippen LogP contribution in [0.4, 0.5) is 0 Å². The van der Waals surface area contributed by atoms with Crippen molar-refractivity contribution in [2.75, 3.05) is 26.2 Å². The molecular weight excluding hydrogens is 276 g/mol. The van der Waals surface area contributed by atoms with E-state index >= 15 is 0 Å². The van der Waals surface area contributed by atoms with Crippen molar-refractivity contribution >= 4 is 17.5 Å². The van der Waals surface area contributed by atoms with Crippen LogP contribution in [0.15, 0.2) is 18.2 Å². The zero-order valence-electron chi connectivity index (χ0n) is 11.8. The monoisotopic (exact) mass is 296 g/mol. The van der Waals surface area contributed by atoms with Gasteiger partial charge in [0.1, 0.15) is 5.75 Å². The lowest BCUT2D eigenvalue weighted by molar-refractivity contribution is -0.132. The van der Waals surface area contributed by atoms with Gasteiger partial charge in [-0.2, -0.15) is 0 Å². The largest absolute Gasteiger partial charge is 0.483 e. The van der Waals surface area contributed by atoms with Crippen LogP contribution in [-0.4, -0.2) is 37.0 Å². The predicted molar refractivity (Wildman–Crippen MR) is 80.1 cm³/mol. The molecule has 1 aromatic rings. The fraction of sp³-hybridized carbons (Fsp3) is 0.533. The molecule has 0 bridgehead atoms. The second-order valence-corrected chi connectivity index (χ2v) is 5.28. The molecule has 0 atom stereocenters. The van der Waals surface area contributed by atoms with E-state index in [4.69, 9.17) is 16.3 Å². The number of amides is 1. The molecule has 1 aliphatic rings. The molecule has 1 fully saturated rings. The average molecular weight is 297 g/mol. The molecule has 1 saturated heterocycles. The highest BCUT2D eigenvalue weighted by molar-refractivity contribution is 6.31. The van der Waals surface area contributed by atoms with Crippen molar-refractivity contribution in [3.8, 4) is 5.75 Å². The Morgan fingerprint density at radius 1 is 1.40 bits per heavy atom. The number of nitrogens with one attached hydrogen (secondary N) is 1. The highest BCUT2D eigenvalue weighted by Crippen LogP contribution is 2.26. The lowest BCUT2D eigenvalue weighted by Gasteiger charge is -2.17. The number of carbonyl (C=O) groups excluding carboxylic acids is 1. The average Bonchev–Trinajstić information content (AvgIpc) is 2.98. The fourth-order valence-corrected chi connectivity index (χ4v) is 2.53. The first-order valence-corrected chi connectivity index (χ1v) is 7.49. The van der Waals surface area contributed by atoms with Crippen LogP contribution < -0.4 is 10.1 Å². The molecule has 1 amide bonds. The summed E-state index contributed by atoms with van der Waals surface area (Å²) in [5.74, 6) is 0.739. The van der Waals surface area contributed by atoms with E-state index in [1.54, 1.807) is 0 Å². The van der Waals surface area contributed by atoms with Crippen molar-refractivity contribution < 1.29 is 9.53 Å². The standard InChI is InChI=1S/C15H21ClN2O2/c1-2-17-10-12-13(16)6-5-7-14(12)20-11-15(19)18-8-3-4-9-18/h5-7,17H,2-4,8-11H2,1H3. The van der Waals surface area contributed by atoms with Crippen molar-refractivity contribution in [3.63, 3.8) is 0 Å². The third kappa shape index (κ3) is 3.87. The van der Waals surface area contributed by atoms with E-state index in [1.807, 2.05) is 30.0 Å². The molecule has 1 heterocycles. The molecule has 1 N–H and O–H groups in total. The fourth-order valence-electron chi connectivity index (χ4n) is 2.29. The maximum Gasteiger partial charge on any atom is 0.260 e. The van der Waals surface area contributed by atoms with Gasteiger partial charge in [0.2, 0.25) is 0 Å². The van der Waals surface area contributed by atoms with Gasteiger partial charge in [-0.3, -0.25) is 4.79 Å². The van der Waals surface area contributed by atoms with Crippen LogP contribution in [0.3, 0.4) is 0 Å². The summed E-state index contributed by atoms with van der Waals surface area (Å²) in [4.78, 5) is 13.8. The molecule has 0 radical (unpaired) electrons. The van der Waals surface area contributed by atoms with Crippen molar-refractivity contribution in [3.05, 3.63) is 28.8 Å². The first-order valence-electron chi connectivity index (χ1n) is 7.11. The highest BCUT2D eigenvalue weighted by atomic mass is 35.5. The van der Waals surface area contributed by atoms with Gasteiger partial charge in [-0.1, -0.05) is 24.6 Å². The maximum absolute atomic E-state index is 12.0.